The van der Waals surface area contributed by atoms with E-state index in [1.807, 2.05) is 0 Å². The molecular formula is C15H12Cl2FNO3S. The van der Waals surface area contributed by atoms with Gasteiger partial charge in [-0.3, -0.25) is 4.79 Å². The first-order chi connectivity index (χ1) is 10.8. The van der Waals surface area contributed by atoms with Crippen LogP contribution in [0.5, 0.6) is 0 Å². The summed E-state index contributed by atoms with van der Waals surface area (Å²) in [5.74, 6) is -1.75. The Bertz CT molecular complexity index is 840. The summed E-state index contributed by atoms with van der Waals surface area (Å²) in [4.78, 5) is 11.8. The van der Waals surface area contributed by atoms with Crippen LogP contribution in [0.3, 0.4) is 0 Å². The second kappa shape index (κ2) is 7.29. The average Bonchev–Trinajstić information content (AvgIpc) is 2.48. The van der Waals surface area contributed by atoms with E-state index in [1.54, 1.807) is 12.1 Å². The molecule has 0 aliphatic rings. The van der Waals surface area contributed by atoms with Crippen LogP contribution in [0.15, 0.2) is 47.4 Å². The fourth-order valence-corrected chi connectivity index (χ4v) is 3.81. The van der Waals surface area contributed by atoms with Gasteiger partial charge in [-0.15, -0.1) is 0 Å². The summed E-state index contributed by atoms with van der Waals surface area (Å²) < 4.78 is 37.9. The lowest BCUT2D eigenvalue weighted by molar-refractivity contribution is -0.115. The van der Waals surface area contributed by atoms with Crippen molar-refractivity contribution < 1.29 is 17.6 Å². The normalized spacial score (nSPS) is 11.3. The van der Waals surface area contributed by atoms with Gasteiger partial charge in [0.2, 0.25) is 5.91 Å². The topological polar surface area (TPSA) is 63.2 Å². The van der Waals surface area contributed by atoms with E-state index >= 15 is 0 Å². The first-order valence-corrected chi connectivity index (χ1v) is 8.92. The highest BCUT2D eigenvalue weighted by Gasteiger charge is 2.19. The molecule has 0 aliphatic heterocycles. The maximum atomic E-state index is 13.6. The van der Waals surface area contributed by atoms with Gasteiger partial charge < -0.3 is 5.32 Å². The highest BCUT2D eigenvalue weighted by atomic mass is 35.5. The monoisotopic (exact) mass is 375 g/mol. The van der Waals surface area contributed by atoms with Gasteiger partial charge in [-0.25, -0.2) is 12.8 Å². The molecule has 1 N–H and O–H groups in total. The standard InChI is InChI=1S/C15H12Cl2FNO3S/c16-10-5-6-13(12(18)9-10)19-15(20)7-8-23(21,22)14-4-2-1-3-11(14)17/h1-6,9H,7-8H2,(H,19,20). The van der Waals surface area contributed by atoms with Crippen molar-refractivity contribution in [2.75, 3.05) is 11.1 Å². The highest BCUT2D eigenvalue weighted by Crippen LogP contribution is 2.23. The molecule has 0 bridgehead atoms. The van der Waals surface area contributed by atoms with Gasteiger partial charge in [-0.1, -0.05) is 35.3 Å². The van der Waals surface area contributed by atoms with Crippen molar-refractivity contribution in [2.24, 2.45) is 0 Å². The molecule has 0 fully saturated rings. The van der Waals surface area contributed by atoms with Crippen LogP contribution in [0.1, 0.15) is 6.42 Å². The van der Waals surface area contributed by atoms with E-state index in [9.17, 15) is 17.6 Å². The molecule has 4 nitrogen and oxygen atoms in total. The summed E-state index contributed by atoms with van der Waals surface area (Å²) in [6, 6.07) is 9.75. The van der Waals surface area contributed by atoms with Crippen LogP contribution < -0.4 is 5.32 Å². The van der Waals surface area contributed by atoms with Gasteiger partial charge in [0.1, 0.15) is 5.82 Å². The summed E-state index contributed by atoms with van der Waals surface area (Å²) in [7, 11) is -3.70. The number of benzene rings is 2. The number of carbonyl (C=O) groups is 1. The Morgan fingerprint density at radius 3 is 2.48 bits per heavy atom. The molecular weight excluding hydrogens is 364 g/mol. The Kier molecular flexibility index (Phi) is 5.62. The Hall–Kier alpha value is -1.63. The predicted octanol–water partition coefficient (Wildman–Crippen LogP) is 3.94. The number of halogens is 3. The van der Waals surface area contributed by atoms with Crippen molar-refractivity contribution in [3.63, 3.8) is 0 Å². The number of hydrogen-bond acceptors (Lipinski definition) is 3. The number of amides is 1. The van der Waals surface area contributed by atoms with E-state index in [0.29, 0.717) is 0 Å². The van der Waals surface area contributed by atoms with Gasteiger partial charge in [0, 0.05) is 11.4 Å². The third-order valence-corrected chi connectivity index (χ3v) is 5.42. The minimum atomic E-state index is -3.70. The van der Waals surface area contributed by atoms with Crippen LogP contribution in [-0.4, -0.2) is 20.1 Å². The maximum Gasteiger partial charge on any atom is 0.225 e. The van der Waals surface area contributed by atoms with Crippen LogP contribution in [0.2, 0.25) is 10.0 Å². The second-order valence-electron chi connectivity index (χ2n) is 4.67. The van der Waals surface area contributed by atoms with Gasteiger partial charge in [-0.05, 0) is 30.3 Å². The molecule has 2 aromatic carbocycles. The SMILES string of the molecule is O=C(CCS(=O)(=O)c1ccccc1Cl)Nc1ccc(Cl)cc1F. The average molecular weight is 376 g/mol. The van der Waals surface area contributed by atoms with E-state index in [0.717, 1.165) is 6.07 Å². The summed E-state index contributed by atoms with van der Waals surface area (Å²) in [5.41, 5.74) is -0.0606. The van der Waals surface area contributed by atoms with Crippen molar-refractivity contribution in [2.45, 2.75) is 11.3 Å². The fraction of sp³-hybridized carbons (Fsp3) is 0.133. The number of nitrogens with one attached hydrogen (secondary N) is 1. The molecule has 122 valence electrons. The quantitative estimate of drug-likeness (QED) is 0.860. The molecule has 0 spiro atoms. The molecule has 23 heavy (non-hydrogen) atoms. The lowest BCUT2D eigenvalue weighted by atomic mass is 10.3. The Morgan fingerprint density at radius 2 is 1.83 bits per heavy atom. The molecule has 1 amide bonds. The lowest BCUT2D eigenvalue weighted by Crippen LogP contribution is -2.18. The Morgan fingerprint density at radius 1 is 1.13 bits per heavy atom. The number of rotatable bonds is 5. The molecule has 0 saturated heterocycles. The number of sulfone groups is 1. The summed E-state index contributed by atoms with van der Waals surface area (Å²) >= 11 is 11.5. The third-order valence-electron chi connectivity index (χ3n) is 2.97. The van der Waals surface area contributed by atoms with Crippen molar-refractivity contribution in [1.82, 2.24) is 0 Å². The van der Waals surface area contributed by atoms with Crippen LogP contribution in [-0.2, 0) is 14.6 Å². The zero-order chi connectivity index (χ0) is 17.0. The van der Waals surface area contributed by atoms with Crippen LogP contribution in [0, 0.1) is 5.82 Å². The molecule has 2 aromatic rings. The molecule has 0 atom stereocenters. The molecule has 0 aliphatic carbocycles. The zero-order valence-corrected chi connectivity index (χ0v) is 14.1. The lowest BCUT2D eigenvalue weighted by Gasteiger charge is -2.08. The van der Waals surface area contributed by atoms with E-state index < -0.39 is 27.3 Å². The van der Waals surface area contributed by atoms with Crippen LogP contribution in [0.25, 0.3) is 0 Å². The number of hydrogen-bond donors (Lipinski definition) is 1. The summed E-state index contributed by atoms with van der Waals surface area (Å²) in [6.07, 6.45) is -0.324. The van der Waals surface area contributed by atoms with Gasteiger partial charge in [0.25, 0.3) is 0 Å². The number of carbonyl (C=O) groups excluding carboxylic acids is 1. The number of anilines is 1. The Labute approximate surface area is 143 Å². The molecule has 0 radical (unpaired) electrons. The zero-order valence-electron chi connectivity index (χ0n) is 11.7. The minimum Gasteiger partial charge on any atom is -0.324 e. The van der Waals surface area contributed by atoms with Gasteiger partial charge in [0.15, 0.2) is 9.84 Å². The second-order valence-corrected chi connectivity index (χ2v) is 7.59. The first kappa shape index (κ1) is 17.7. The van der Waals surface area contributed by atoms with Crippen LogP contribution >= 0.6 is 23.2 Å². The first-order valence-electron chi connectivity index (χ1n) is 6.52. The highest BCUT2D eigenvalue weighted by molar-refractivity contribution is 7.91. The smallest absolute Gasteiger partial charge is 0.225 e. The van der Waals surface area contributed by atoms with Gasteiger partial charge >= 0.3 is 0 Å². The molecule has 0 aromatic heterocycles. The van der Waals surface area contributed by atoms with Crippen LogP contribution in [0.4, 0.5) is 10.1 Å². The minimum absolute atomic E-state index is 0.0351. The third kappa shape index (κ3) is 4.67. The maximum absolute atomic E-state index is 13.6. The van der Waals surface area contributed by atoms with E-state index in [1.165, 1.54) is 24.3 Å². The van der Waals surface area contributed by atoms with E-state index in [4.69, 9.17) is 23.2 Å². The fourth-order valence-electron chi connectivity index (χ4n) is 1.84. The molecule has 8 heteroatoms. The molecule has 2 rings (SSSR count). The van der Waals surface area contributed by atoms with E-state index in [-0.39, 0.29) is 27.0 Å². The van der Waals surface area contributed by atoms with Gasteiger partial charge in [0.05, 0.1) is 21.4 Å². The van der Waals surface area contributed by atoms with E-state index in [2.05, 4.69) is 5.32 Å². The summed E-state index contributed by atoms with van der Waals surface area (Å²) in [5, 5.41) is 2.60. The van der Waals surface area contributed by atoms with Crippen molar-refractivity contribution >= 4 is 44.6 Å². The van der Waals surface area contributed by atoms with Crippen molar-refractivity contribution in [1.29, 1.82) is 0 Å². The Balaban J connectivity index is 2.03. The largest absolute Gasteiger partial charge is 0.324 e. The van der Waals surface area contributed by atoms with Gasteiger partial charge in [-0.2, -0.15) is 0 Å². The summed E-state index contributed by atoms with van der Waals surface area (Å²) in [6.45, 7) is 0. The molecule has 0 heterocycles. The predicted molar refractivity (Wildman–Crippen MR) is 88.2 cm³/mol. The van der Waals surface area contributed by atoms with Crippen molar-refractivity contribution in [3.8, 4) is 0 Å². The molecule has 0 unspecified atom stereocenters. The van der Waals surface area contributed by atoms with Crippen molar-refractivity contribution in [3.05, 3.63) is 58.3 Å². The molecule has 0 saturated carbocycles.